The van der Waals surface area contributed by atoms with Gasteiger partial charge in [-0.2, -0.15) is 0 Å². The highest BCUT2D eigenvalue weighted by Gasteiger charge is 2.42. The Morgan fingerprint density at radius 2 is 1.73 bits per heavy atom. The van der Waals surface area contributed by atoms with Gasteiger partial charge in [-0.15, -0.1) is 0 Å². The Morgan fingerprint density at radius 3 is 2.30 bits per heavy atom. The van der Waals surface area contributed by atoms with Crippen LogP contribution in [0.15, 0.2) is 30.0 Å². The molecule has 0 spiro atoms. The standard InChI is InChI=1S/C24H35N3O3/c1-6-7-14-27-23(28)21(18-8-10-20(11-9-18)30-17(2)3)22(24(27)29)26(5)19-12-15-25(4)16-13-19/h8-11,17,19H,6-7,12-16H2,1-5H3. The zero-order valence-corrected chi connectivity index (χ0v) is 19.0. The van der Waals surface area contributed by atoms with Crippen molar-refractivity contribution in [3.63, 3.8) is 0 Å². The maximum absolute atomic E-state index is 13.3. The molecule has 1 fully saturated rings. The van der Waals surface area contributed by atoms with E-state index in [1.807, 2.05) is 45.2 Å². The zero-order chi connectivity index (χ0) is 21.8. The number of amides is 2. The maximum atomic E-state index is 13.3. The van der Waals surface area contributed by atoms with E-state index in [2.05, 4.69) is 23.8 Å². The molecular formula is C24H35N3O3. The summed E-state index contributed by atoms with van der Waals surface area (Å²) in [4.78, 5) is 32.5. The van der Waals surface area contributed by atoms with Crippen molar-refractivity contribution in [3.05, 3.63) is 35.5 Å². The number of carbonyl (C=O) groups excluding carboxylic acids is 2. The van der Waals surface area contributed by atoms with Crippen molar-refractivity contribution in [2.75, 3.05) is 33.7 Å². The third-order valence-corrected chi connectivity index (χ3v) is 5.98. The fourth-order valence-electron chi connectivity index (χ4n) is 4.21. The van der Waals surface area contributed by atoms with Gasteiger partial charge in [0.25, 0.3) is 11.8 Å². The number of hydrogen-bond acceptors (Lipinski definition) is 5. The quantitative estimate of drug-likeness (QED) is 0.612. The molecule has 2 aliphatic rings. The second-order valence-corrected chi connectivity index (χ2v) is 8.68. The molecule has 164 valence electrons. The van der Waals surface area contributed by atoms with Crippen LogP contribution in [0.5, 0.6) is 5.75 Å². The Balaban J connectivity index is 1.95. The summed E-state index contributed by atoms with van der Waals surface area (Å²) in [5, 5.41) is 0. The van der Waals surface area contributed by atoms with Crippen LogP contribution in [0, 0.1) is 0 Å². The molecular weight excluding hydrogens is 378 g/mol. The summed E-state index contributed by atoms with van der Waals surface area (Å²) in [7, 11) is 4.09. The zero-order valence-electron chi connectivity index (χ0n) is 19.0. The molecule has 2 aliphatic heterocycles. The number of imide groups is 1. The lowest BCUT2D eigenvalue weighted by Crippen LogP contribution is -2.43. The topological polar surface area (TPSA) is 53.1 Å². The van der Waals surface area contributed by atoms with Crippen LogP contribution in [0.4, 0.5) is 0 Å². The molecule has 6 nitrogen and oxygen atoms in total. The molecule has 0 bridgehead atoms. The van der Waals surface area contributed by atoms with Crippen LogP contribution < -0.4 is 4.74 Å². The van der Waals surface area contributed by atoms with E-state index in [0.717, 1.165) is 50.1 Å². The maximum Gasteiger partial charge on any atom is 0.277 e. The number of carbonyl (C=O) groups is 2. The third kappa shape index (κ3) is 4.69. The van der Waals surface area contributed by atoms with Gasteiger partial charge in [-0.05, 0) is 70.9 Å². The van der Waals surface area contributed by atoms with Crippen molar-refractivity contribution < 1.29 is 14.3 Å². The lowest BCUT2D eigenvalue weighted by atomic mass is 10.00. The molecule has 1 saturated heterocycles. The Morgan fingerprint density at radius 1 is 1.10 bits per heavy atom. The number of likely N-dealkylation sites (tertiary alicyclic amines) is 1. The molecule has 0 aliphatic carbocycles. The van der Waals surface area contributed by atoms with E-state index >= 15 is 0 Å². The molecule has 3 rings (SSSR count). The SMILES string of the molecule is CCCCN1C(=O)C(c2ccc(OC(C)C)cc2)=C(N(C)C2CCN(C)CC2)C1=O. The molecule has 0 atom stereocenters. The van der Waals surface area contributed by atoms with E-state index in [9.17, 15) is 9.59 Å². The normalized spacial score (nSPS) is 18.7. The summed E-state index contributed by atoms with van der Waals surface area (Å²) in [6.07, 6.45) is 3.81. The van der Waals surface area contributed by atoms with Gasteiger partial charge < -0.3 is 14.5 Å². The van der Waals surface area contributed by atoms with E-state index in [-0.39, 0.29) is 24.0 Å². The monoisotopic (exact) mass is 413 g/mol. The number of unbranched alkanes of at least 4 members (excludes halogenated alkanes) is 1. The van der Waals surface area contributed by atoms with Crippen molar-refractivity contribution >= 4 is 17.4 Å². The van der Waals surface area contributed by atoms with Crippen LogP contribution in [0.1, 0.15) is 52.0 Å². The Hall–Kier alpha value is -2.34. The Kier molecular flexibility index (Phi) is 7.19. The number of benzene rings is 1. The van der Waals surface area contributed by atoms with Gasteiger partial charge in [0.1, 0.15) is 11.4 Å². The van der Waals surface area contributed by atoms with Gasteiger partial charge in [0.15, 0.2) is 0 Å². The first-order valence-corrected chi connectivity index (χ1v) is 11.1. The summed E-state index contributed by atoms with van der Waals surface area (Å²) < 4.78 is 5.74. The van der Waals surface area contributed by atoms with Crippen molar-refractivity contribution in [3.8, 4) is 5.75 Å². The summed E-state index contributed by atoms with van der Waals surface area (Å²) in [5.74, 6) is 0.423. The number of nitrogens with zero attached hydrogens (tertiary/aromatic N) is 3. The number of hydrogen-bond donors (Lipinski definition) is 0. The molecule has 2 amide bonds. The van der Waals surface area contributed by atoms with Crippen LogP contribution in [0.2, 0.25) is 0 Å². The molecule has 2 heterocycles. The smallest absolute Gasteiger partial charge is 0.277 e. The summed E-state index contributed by atoms with van der Waals surface area (Å²) in [6.45, 7) is 8.50. The summed E-state index contributed by atoms with van der Waals surface area (Å²) in [5.41, 5.74) is 1.84. The van der Waals surface area contributed by atoms with Crippen LogP contribution in [-0.2, 0) is 9.59 Å². The van der Waals surface area contributed by atoms with Crippen LogP contribution >= 0.6 is 0 Å². The average Bonchev–Trinajstić information content (AvgIpc) is 2.96. The lowest BCUT2D eigenvalue weighted by Gasteiger charge is -2.36. The predicted molar refractivity (Wildman–Crippen MR) is 119 cm³/mol. The first-order valence-electron chi connectivity index (χ1n) is 11.1. The van der Waals surface area contributed by atoms with E-state index < -0.39 is 0 Å². The molecule has 6 heteroatoms. The molecule has 0 radical (unpaired) electrons. The third-order valence-electron chi connectivity index (χ3n) is 5.98. The number of ether oxygens (including phenoxy) is 1. The van der Waals surface area contributed by atoms with E-state index in [1.54, 1.807) is 0 Å². The van der Waals surface area contributed by atoms with Crippen LogP contribution in [0.25, 0.3) is 5.57 Å². The first kappa shape index (κ1) is 22.3. The fourth-order valence-corrected chi connectivity index (χ4v) is 4.21. The summed E-state index contributed by atoms with van der Waals surface area (Å²) >= 11 is 0. The van der Waals surface area contributed by atoms with Gasteiger partial charge in [-0.1, -0.05) is 25.5 Å². The number of rotatable bonds is 8. The minimum Gasteiger partial charge on any atom is -0.491 e. The largest absolute Gasteiger partial charge is 0.491 e. The molecule has 0 N–H and O–H groups in total. The molecule has 0 saturated carbocycles. The van der Waals surface area contributed by atoms with Gasteiger partial charge in [-0.25, -0.2) is 0 Å². The van der Waals surface area contributed by atoms with Gasteiger partial charge in [0.2, 0.25) is 0 Å². The van der Waals surface area contributed by atoms with Crippen molar-refractivity contribution in [1.29, 1.82) is 0 Å². The highest BCUT2D eigenvalue weighted by atomic mass is 16.5. The minimum atomic E-state index is -0.180. The van der Waals surface area contributed by atoms with Crippen LogP contribution in [0.3, 0.4) is 0 Å². The average molecular weight is 414 g/mol. The molecule has 0 aromatic heterocycles. The highest BCUT2D eigenvalue weighted by molar-refractivity contribution is 6.35. The fraction of sp³-hybridized carbons (Fsp3) is 0.583. The second-order valence-electron chi connectivity index (χ2n) is 8.68. The van der Waals surface area contributed by atoms with Gasteiger partial charge in [0, 0.05) is 19.6 Å². The minimum absolute atomic E-state index is 0.0837. The molecule has 0 unspecified atom stereocenters. The van der Waals surface area contributed by atoms with Gasteiger partial charge >= 0.3 is 0 Å². The van der Waals surface area contributed by atoms with Crippen molar-refractivity contribution in [2.45, 2.75) is 58.6 Å². The molecule has 1 aromatic rings. The Labute approximate surface area is 180 Å². The van der Waals surface area contributed by atoms with E-state index in [1.165, 1.54) is 4.90 Å². The van der Waals surface area contributed by atoms with Crippen molar-refractivity contribution in [2.24, 2.45) is 0 Å². The van der Waals surface area contributed by atoms with E-state index in [4.69, 9.17) is 4.74 Å². The first-order chi connectivity index (χ1) is 14.3. The Bertz CT molecular complexity index is 792. The van der Waals surface area contributed by atoms with Crippen molar-refractivity contribution in [1.82, 2.24) is 14.7 Å². The molecule has 1 aromatic carbocycles. The van der Waals surface area contributed by atoms with Gasteiger partial charge in [0.05, 0.1) is 11.7 Å². The summed E-state index contributed by atoms with van der Waals surface area (Å²) in [6, 6.07) is 7.80. The lowest BCUT2D eigenvalue weighted by molar-refractivity contribution is -0.137. The van der Waals surface area contributed by atoms with E-state index in [0.29, 0.717) is 17.8 Å². The number of piperidine rings is 1. The predicted octanol–water partition coefficient (Wildman–Crippen LogP) is 3.38. The van der Waals surface area contributed by atoms with Crippen LogP contribution in [-0.4, -0.2) is 72.4 Å². The molecule has 30 heavy (non-hydrogen) atoms. The number of likely N-dealkylation sites (N-methyl/N-ethyl adjacent to an activating group) is 1. The second kappa shape index (κ2) is 9.65. The highest BCUT2D eigenvalue weighted by Crippen LogP contribution is 2.34. The van der Waals surface area contributed by atoms with Gasteiger partial charge in [-0.3, -0.25) is 14.5 Å².